The van der Waals surface area contributed by atoms with Crippen LogP contribution < -0.4 is 0 Å². The number of alkyl halides is 1. The smallest absolute Gasteiger partial charge is 0.128 e. The molecule has 0 radical (unpaired) electrons. The lowest BCUT2D eigenvalue weighted by Crippen LogP contribution is -1.97. The first kappa shape index (κ1) is 8.32. The molecule has 1 aromatic carbocycles. The van der Waals surface area contributed by atoms with Crippen molar-refractivity contribution in [1.82, 2.24) is 9.55 Å². The monoisotopic (exact) mass is 192 g/mol. The van der Waals surface area contributed by atoms with Gasteiger partial charge in [0.15, 0.2) is 0 Å². The molecule has 0 aliphatic heterocycles. The predicted molar refractivity (Wildman–Crippen MR) is 53.1 cm³/mol. The third-order valence-corrected chi connectivity index (χ3v) is 2.11. The first-order chi connectivity index (χ1) is 6.42. The lowest BCUT2D eigenvalue weighted by atomic mass is 10.3. The Morgan fingerprint density at radius 3 is 2.69 bits per heavy atom. The molecule has 1 heterocycles. The first-order valence-electron chi connectivity index (χ1n) is 4.05. The van der Waals surface area contributed by atoms with Crippen molar-refractivity contribution in [3.8, 4) is 5.69 Å². The van der Waals surface area contributed by atoms with Crippen LogP contribution in [0.2, 0.25) is 0 Å². The summed E-state index contributed by atoms with van der Waals surface area (Å²) in [5.41, 5.74) is 1.09. The molecule has 0 fully saturated rings. The van der Waals surface area contributed by atoms with Gasteiger partial charge in [0.2, 0.25) is 0 Å². The van der Waals surface area contributed by atoms with Gasteiger partial charge >= 0.3 is 0 Å². The molecule has 0 bridgehead atoms. The average Bonchev–Trinajstić information content (AvgIpc) is 2.67. The van der Waals surface area contributed by atoms with Crippen LogP contribution in [0.25, 0.3) is 5.69 Å². The van der Waals surface area contributed by atoms with E-state index in [9.17, 15) is 0 Å². The second kappa shape index (κ2) is 3.62. The van der Waals surface area contributed by atoms with Crippen molar-refractivity contribution in [2.24, 2.45) is 0 Å². The normalized spacial score (nSPS) is 10.2. The number of rotatable bonds is 2. The van der Waals surface area contributed by atoms with Gasteiger partial charge in [-0.05, 0) is 12.1 Å². The molecule has 66 valence electrons. The van der Waals surface area contributed by atoms with Crippen LogP contribution in [0.3, 0.4) is 0 Å². The Bertz CT molecular complexity index is 381. The Kier molecular flexibility index (Phi) is 2.32. The molecule has 3 heteroatoms. The molecule has 2 nitrogen and oxygen atoms in total. The molecular weight excluding hydrogens is 184 g/mol. The minimum absolute atomic E-state index is 0.432. The summed E-state index contributed by atoms with van der Waals surface area (Å²) in [6.45, 7) is 0. The van der Waals surface area contributed by atoms with Gasteiger partial charge in [0.1, 0.15) is 5.82 Å². The molecule has 1 aromatic heterocycles. The molecule has 0 aliphatic carbocycles. The van der Waals surface area contributed by atoms with E-state index >= 15 is 0 Å². The van der Waals surface area contributed by atoms with E-state index < -0.39 is 0 Å². The summed E-state index contributed by atoms with van der Waals surface area (Å²) >= 11 is 5.74. The van der Waals surface area contributed by atoms with Crippen molar-refractivity contribution in [3.05, 3.63) is 48.5 Å². The number of benzene rings is 1. The lowest BCUT2D eigenvalue weighted by molar-refractivity contribution is 0.958. The second-order valence-corrected chi connectivity index (χ2v) is 2.95. The van der Waals surface area contributed by atoms with Crippen LogP contribution in [0.15, 0.2) is 42.7 Å². The van der Waals surface area contributed by atoms with Gasteiger partial charge < -0.3 is 4.57 Å². The topological polar surface area (TPSA) is 17.8 Å². The van der Waals surface area contributed by atoms with E-state index in [1.54, 1.807) is 6.20 Å². The maximum Gasteiger partial charge on any atom is 0.128 e. The lowest BCUT2D eigenvalue weighted by Gasteiger charge is -2.04. The molecule has 0 unspecified atom stereocenters. The first-order valence-corrected chi connectivity index (χ1v) is 4.59. The van der Waals surface area contributed by atoms with Crippen molar-refractivity contribution in [2.45, 2.75) is 5.88 Å². The second-order valence-electron chi connectivity index (χ2n) is 2.68. The molecule has 2 aromatic rings. The van der Waals surface area contributed by atoms with Crippen LogP contribution in [-0.2, 0) is 5.88 Å². The van der Waals surface area contributed by atoms with Crippen LogP contribution in [-0.4, -0.2) is 9.55 Å². The van der Waals surface area contributed by atoms with E-state index in [1.807, 2.05) is 41.1 Å². The largest absolute Gasteiger partial charge is 0.303 e. The molecule has 0 atom stereocenters. The Hall–Kier alpha value is -1.28. The highest BCUT2D eigenvalue weighted by molar-refractivity contribution is 6.16. The number of imidazole rings is 1. The summed E-state index contributed by atoms with van der Waals surface area (Å²) in [4.78, 5) is 4.14. The third-order valence-electron chi connectivity index (χ3n) is 1.87. The van der Waals surface area contributed by atoms with E-state index in [4.69, 9.17) is 11.6 Å². The zero-order valence-electron chi connectivity index (χ0n) is 7.02. The Morgan fingerprint density at radius 1 is 1.23 bits per heavy atom. The summed E-state index contributed by atoms with van der Waals surface area (Å²) in [5, 5.41) is 0. The van der Waals surface area contributed by atoms with Crippen molar-refractivity contribution in [1.29, 1.82) is 0 Å². The highest BCUT2D eigenvalue weighted by Gasteiger charge is 2.01. The van der Waals surface area contributed by atoms with E-state index in [0.717, 1.165) is 11.5 Å². The summed E-state index contributed by atoms with van der Waals surface area (Å²) in [5.74, 6) is 1.30. The van der Waals surface area contributed by atoms with Gasteiger partial charge in [-0.3, -0.25) is 0 Å². The highest BCUT2D eigenvalue weighted by Crippen LogP contribution is 2.10. The Labute approximate surface area is 81.8 Å². The number of hydrogen-bond acceptors (Lipinski definition) is 1. The summed E-state index contributed by atoms with van der Waals surface area (Å²) in [7, 11) is 0. The maximum absolute atomic E-state index is 5.74. The van der Waals surface area contributed by atoms with Crippen molar-refractivity contribution in [3.63, 3.8) is 0 Å². The quantitative estimate of drug-likeness (QED) is 0.669. The van der Waals surface area contributed by atoms with Crippen molar-refractivity contribution >= 4 is 11.6 Å². The molecule has 13 heavy (non-hydrogen) atoms. The molecule has 0 amide bonds. The van der Waals surface area contributed by atoms with Crippen LogP contribution in [0.4, 0.5) is 0 Å². The van der Waals surface area contributed by atoms with Gasteiger partial charge in [-0.25, -0.2) is 4.98 Å². The fraction of sp³-hybridized carbons (Fsp3) is 0.100. The fourth-order valence-electron chi connectivity index (χ4n) is 1.26. The highest BCUT2D eigenvalue weighted by atomic mass is 35.5. The van der Waals surface area contributed by atoms with Crippen LogP contribution in [0, 0.1) is 0 Å². The molecule has 0 saturated carbocycles. The van der Waals surface area contributed by atoms with Crippen molar-refractivity contribution < 1.29 is 0 Å². The number of aromatic nitrogens is 2. The molecule has 2 rings (SSSR count). The number of nitrogens with zero attached hydrogens (tertiary/aromatic N) is 2. The minimum Gasteiger partial charge on any atom is -0.303 e. The van der Waals surface area contributed by atoms with E-state index in [0.29, 0.717) is 5.88 Å². The minimum atomic E-state index is 0.432. The molecule has 0 spiro atoms. The molecular formula is C10H9ClN2. The summed E-state index contributed by atoms with van der Waals surface area (Å²) < 4.78 is 1.98. The van der Waals surface area contributed by atoms with Gasteiger partial charge in [0.05, 0.1) is 5.88 Å². The van der Waals surface area contributed by atoms with E-state index in [1.165, 1.54) is 0 Å². The Morgan fingerprint density at radius 2 is 2.00 bits per heavy atom. The predicted octanol–water partition coefficient (Wildman–Crippen LogP) is 2.61. The van der Waals surface area contributed by atoms with E-state index in [-0.39, 0.29) is 0 Å². The van der Waals surface area contributed by atoms with Gasteiger partial charge in [-0.2, -0.15) is 0 Å². The number of halogens is 1. The SMILES string of the molecule is ClCc1nccn1-c1ccccc1. The maximum atomic E-state index is 5.74. The zero-order chi connectivity index (χ0) is 9.10. The summed E-state index contributed by atoms with van der Waals surface area (Å²) in [6.07, 6.45) is 3.66. The van der Waals surface area contributed by atoms with Crippen LogP contribution in [0.1, 0.15) is 5.82 Å². The van der Waals surface area contributed by atoms with Crippen LogP contribution in [0.5, 0.6) is 0 Å². The molecule has 0 aliphatic rings. The van der Waals surface area contributed by atoms with Crippen molar-refractivity contribution in [2.75, 3.05) is 0 Å². The standard InChI is InChI=1S/C10H9ClN2/c11-8-10-12-6-7-13(10)9-4-2-1-3-5-9/h1-7H,8H2. The molecule has 0 saturated heterocycles. The number of hydrogen-bond donors (Lipinski definition) is 0. The van der Waals surface area contributed by atoms with Gasteiger partial charge in [-0.1, -0.05) is 18.2 Å². The average molecular weight is 193 g/mol. The molecule has 0 N–H and O–H groups in total. The number of para-hydroxylation sites is 1. The van der Waals surface area contributed by atoms with Gasteiger partial charge in [0.25, 0.3) is 0 Å². The third kappa shape index (κ3) is 1.58. The van der Waals surface area contributed by atoms with Crippen LogP contribution >= 0.6 is 11.6 Å². The zero-order valence-corrected chi connectivity index (χ0v) is 7.78. The van der Waals surface area contributed by atoms with Gasteiger partial charge in [0, 0.05) is 18.1 Å². The van der Waals surface area contributed by atoms with Gasteiger partial charge in [-0.15, -0.1) is 11.6 Å². The Balaban J connectivity index is 2.47. The fourth-order valence-corrected chi connectivity index (χ4v) is 1.45. The summed E-state index contributed by atoms with van der Waals surface area (Å²) in [6, 6.07) is 10.0. The van der Waals surface area contributed by atoms with E-state index in [2.05, 4.69) is 4.98 Å².